The van der Waals surface area contributed by atoms with Crippen molar-refractivity contribution in [1.29, 1.82) is 5.26 Å². The van der Waals surface area contributed by atoms with Gasteiger partial charge in [-0.25, -0.2) is 0 Å². The van der Waals surface area contributed by atoms with Gasteiger partial charge in [0.2, 0.25) is 0 Å². The van der Waals surface area contributed by atoms with Gasteiger partial charge in [-0.3, -0.25) is 4.98 Å². The molecule has 4 heteroatoms. The minimum atomic E-state index is 0. The van der Waals surface area contributed by atoms with E-state index in [9.17, 15) is 5.26 Å². The lowest BCUT2D eigenvalue weighted by Crippen LogP contribution is -1.97. The molecular weight excluding hydrogens is 308 g/mol. The van der Waals surface area contributed by atoms with E-state index in [0.717, 1.165) is 16.7 Å². The number of ether oxygens (including phenoxy) is 1. The molecular formula is C19H15ClN2O. The molecule has 0 saturated carbocycles. The third kappa shape index (κ3) is 4.09. The molecule has 0 radical (unpaired) electrons. The van der Waals surface area contributed by atoms with Gasteiger partial charge in [-0.1, -0.05) is 36.4 Å². The Hall–Kier alpha value is -2.83. The predicted molar refractivity (Wildman–Crippen MR) is 92.4 cm³/mol. The molecule has 3 nitrogen and oxygen atoms in total. The number of nitriles is 1. The molecule has 0 aliphatic rings. The van der Waals surface area contributed by atoms with Crippen LogP contribution in [0.1, 0.15) is 11.1 Å². The van der Waals surface area contributed by atoms with Gasteiger partial charge in [-0.05, 0) is 41.0 Å². The van der Waals surface area contributed by atoms with Crippen LogP contribution in [0.25, 0.3) is 11.1 Å². The Morgan fingerprint density at radius 3 is 2.35 bits per heavy atom. The Labute approximate surface area is 141 Å². The molecule has 0 aliphatic heterocycles. The van der Waals surface area contributed by atoms with Gasteiger partial charge in [-0.15, -0.1) is 12.4 Å². The van der Waals surface area contributed by atoms with Crippen molar-refractivity contribution in [2.45, 2.75) is 6.61 Å². The van der Waals surface area contributed by atoms with Gasteiger partial charge in [0.05, 0.1) is 5.56 Å². The standard InChI is InChI=1S/C19H14N2O.ClH/c20-13-18-12-17(16-8-10-21-11-9-16)6-7-19(18)22-14-15-4-2-1-3-5-15;/h1-12H,14H2;1H. The Morgan fingerprint density at radius 1 is 0.913 bits per heavy atom. The minimum Gasteiger partial charge on any atom is -0.488 e. The van der Waals surface area contributed by atoms with Crippen LogP contribution in [0.15, 0.2) is 73.1 Å². The summed E-state index contributed by atoms with van der Waals surface area (Å²) < 4.78 is 5.77. The SMILES string of the molecule is Cl.N#Cc1cc(-c2ccncc2)ccc1OCc1ccccc1. The average molecular weight is 323 g/mol. The van der Waals surface area contributed by atoms with E-state index in [0.29, 0.717) is 17.9 Å². The number of pyridine rings is 1. The molecule has 0 fully saturated rings. The number of aromatic nitrogens is 1. The van der Waals surface area contributed by atoms with E-state index in [1.807, 2.05) is 60.7 Å². The zero-order chi connectivity index (χ0) is 15.2. The summed E-state index contributed by atoms with van der Waals surface area (Å²) in [5, 5.41) is 9.34. The predicted octanol–water partition coefficient (Wildman–Crippen LogP) is 4.62. The molecule has 2 aromatic carbocycles. The van der Waals surface area contributed by atoms with Crippen LogP contribution < -0.4 is 4.74 Å². The molecule has 0 unspecified atom stereocenters. The second-order valence-corrected chi connectivity index (χ2v) is 4.83. The zero-order valence-electron chi connectivity index (χ0n) is 12.3. The van der Waals surface area contributed by atoms with Crippen LogP contribution in [0, 0.1) is 11.3 Å². The highest BCUT2D eigenvalue weighted by Gasteiger charge is 2.06. The van der Waals surface area contributed by atoms with E-state index in [1.54, 1.807) is 12.4 Å². The van der Waals surface area contributed by atoms with Crippen molar-refractivity contribution in [3.05, 3.63) is 84.2 Å². The van der Waals surface area contributed by atoms with Crippen LogP contribution >= 0.6 is 12.4 Å². The van der Waals surface area contributed by atoms with Crippen LogP contribution in [-0.2, 0) is 6.61 Å². The molecule has 0 bridgehead atoms. The van der Waals surface area contributed by atoms with Crippen molar-refractivity contribution in [1.82, 2.24) is 4.98 Å². The Bertz CT molecular complexity index is 799. The van der Waals surface area contributed by atoms with Crippen LogP contribution in [0.2, 0.25) is 0 Å². The number of hydrogen-bond acceptors (Lipinski definition) is 3. The van der Waals surface area contributed by atoms with Gasteiger partial charge in [0.1, 0.15) is 18.4 Å². The summed E-state index contributed by atoms with van der Waals surface area (Å²) in [6, 6.07) is 21.6. The van der Waals surface area contributed by atoms with E-state index < -0.39 is 0 Å². The third-order valence-electron chi connectivity index (χ3n) is 3.35. The lowest BCUT2D eigenvalue weighted by molar-refractivity contribution is 0.305. The minimum absolute atomic E-state index is 0. The summed E-state index contributed by atoms with van der Waals surface area (Å²) in [5.41, 5.74) is 3.61. The summed E-state index contributed by atoms with van der Waals surface area (Å²) >= 11 is 0. The first-order valence-electron chi connectivity index (χ1n) is 6.98. The third-order valence-corrected chi connectivity index (χ3v) is 3.35. The summed E-state index contributed by atoms with van der Waals surface area (Å²) in [5.74, 6) is 0.601. The second kappa shape index (κ2) is 7.98. The number of rotatable bonds is 4. The lowest BCUT2D eigenvalue weighted by Gasteiger charge is -2.09. The molecule has 0 atom stereocenters. The highest BCUT2D eigenvalue weighted by Crippen LogP contribution is 2.26. The van der Waals surface area contributed by atoms with E-state index in [2.05, 4.69) is 11.1 Å². The largest absolute Gasteiger partial charge is 0.488 e. The summed E-state index contributed by atoms with van der Waals surface area (Å²) in [7, 11) is 0. The Morgan fingerprint density at radius 2 is 1.65 bits per heavy atom. The van der Waals surface area contributed by atoms with E-state index in [-0.39, 0.29) is 12.4 Å². The highest BCUT2D eigenvalue weighted by molar-refractivity contribution is 5.85. The first kappa shape index (κ1) is 16.5. The molecule has 3 aromatic rings. The first-order valence-corrected chi connectivity index (χ1v) is 6.98. The fraction of sp³-hybridized carbons (Fsp3) is 0.0526. The highest BCUT2D eigenvalue weighted by atomic mass is 35.5. The van der Waals surface area contributed by atoms with Crippen molar-refractivity contribution in [2.24, 2.45) is 0 Å². The number of halogens is 1. The fourth-order valence-corrected chi connectivity index (χ4v) is 2.20. The molecule has 0 spiro atoms. The van der Waals surface area contributed by atoms with Crippen LogP contribution in [-0.4, -0.2) is 4.98 Å². The van der Waals surface area contributed by atoms with Crippen LogP contribution in [0.5, 0.6) is 5.75 Å². The van der Waals surface area contributed by atoms with E-state index >= 15 is 0 Å². The molecule has 0 aliphatic carbocycles. The summed E-state index contributed by atoms with van der Waals surface area (Å²) in [6.45, 7) is 0.449. The summed E-state index contributed by atoms with van der Waals surface area (Å²) in [6.07, 6.45) is 3.47. The lowest BCUT2D eigenvalue weighted by atomic mass is 10.0. The zero-order valence-corrected chi connectivity index (χ0v) is 13.2. The topological polar surface area (TPSA) is 45.9 Å². The molecule has 1 aromatic heterocycles. The molecule has 0 saturated heterocycles. The molecule has 1 heterocycles. The Kier molecular flexibility index (Phi) is 5.74. The van der Waals surface area contributed by atoms with Crippen molar-refractivity contribution in [3.63, 3.8) is 0 Å². The fourth-order valence-electron chi connectivity index (χ4n) is 2.20. The maximum absolute atomic E-state index is 9.34. The summed E-state index contributed by atoms with van der Waals surface area (Å²) in [4.78, 5) is 4.00. The first-order chi connectivity index (χ1) is 10.9. The quantitative estimate of drug-likeness (QED) is 0.704. The van der Waals surface area contributed by atoms with Crippen molar-refractivity contribution in [3.8, 4) is 22.9 Å². The molecule has 23 heavy (non-hydrogen) atoms. The smallest absolute Gasteiger partial charge is 0.137 e. The van der Waals surface area contributed by atoms with Crippen molar-refractivity contribution < 1.29 is 4.74 Å². The maximum atomic E-state index is 9.34. The van der Waals surface area contributed by atoms with Crippen molar-refractivity contribution in [2.75, 3.05) is 0 Å². The van der Waals surface area contributed by atoms with Crippen LogP contribution in [0.3, 0.4) is 0 Å². The molecule has 0 N–H and O–H groups in total. The molecule has 3 rings (SSSR count). The molecule has 0 amide bonds. The second-order valence-electron chi connectivity index (χ2n) is 4.83. The number of hydrogen-bond donors (Lipinski definition) is 0. The maximum Gasteiger partial charge on any atom is 0.137 e. The van der Waals surface area contributed by atoms with E-state index in [1.165, 1.54) is 0 Å². The normalized spacial score (nSPS) is 9.52. The average Bonchev–Trinajstić information content (AvgIpc) is 2.61. The molecule has 114 valence electrons. The van der Waals surface area contributed by atoms with Gasteiger partial charge >= 0.3 is 0 Å². The van der Waals surface area contributed by atoms with Gasteiger partial charge in [-0.2, -0.15) is 5.26 Å². The van der Waals surface area contributed by atoms with E-state index in [4.69, 9.17) is 4.74 Å². The monoisotopic (exact) mass is 322 g/mol. The van der Waals surface area contributed by atoms with Gasteiger partial charge < -0.3 is 4.74 Å². The van der Waals surface area contributed by atoms with Gasteiger partial charge in [0.15, 0.2) is 0 Å². The van der Waals surface area contributed by atoms with Crippen molar-refractivity contribution >= 4 is 12.4 Å². The Balaban J connectivity index is 0.00000192. The van der Waals surface area contributed by atoms with Crippen LogP contribution in [0.4, 0.5) is 0 Å². The number of benzene rings is 2. The van der Waals surface area contributed by atoms with Gasteiger partial charge in [0, 0.05) is 12.4 Å². The van der Waals surface area contributed by atoms with Gasteiger partial charge in [0.25, 0.3) is 0 Å². The number of nitrogens with zero attached hydrogens (tertiary/aromatic N) is 2.